The second kappa shape index (κ2) is 11.4. The predicted molar refractivity (Wildman–Crippen MR) is 164 cm³/mol. The highest BCUT2D eigenvalue weighted by Gasteiger charge is 2.34. The van der Waals surface area contributed by atoms with Crippen molar-refractivity contribution >= 4 is 34.2 Å². The van der Waals surface area contributed by atoms with Crippen LogP contribution in [-0.4, -0.2) is 41.5 Å². The summed E-state index contributed by atoms with van der Waals surface area (Å²) in [6, 6.07) is 13.1. The van der Waals surface area contributed by atoms with Crippen LogP contribution >= 0.6 is 11.3 Å². The van der Waals surface area contributed by atoms with E-state index in [0.29, 0.717) is 20.6 Å². The Labute approximate surface area is 248 Å². The molecule has 0 amide bonds. The van der Waals surface area contributed by atoms with Gasteiger partial charge in [0, 0.05) is 29.9 Å². The van der Waals surface area contributed by atoms with Gasteiger partial charge in [-0.2, -0.15) is 0 Å². The lowest BCUT2D eigenvalue weighted by molar-refractivity contribution is -0.139. The summed E-state index contributed by atoms with van der Waals surface area (Å²) >= 11 is 1.34. The van der Waals surface area contributed by atoms with Crippen molar-refractivity contribution in [1.29, 1.82) is 0 Å². The summed E-state index contributed by atoms with van der Waals surface area (Å²) < 4.78 is 21.5. The predicted octanol–water partition coefficient (Wildman–Crippen LogP) is 4.56. The molecule has 0 bridgehead atoms. The molecule has 42 heavy (non-hydrogen) atoms. The first-order chi connectivity index (χ1) is 20.3. The fraction of sp³-hybridized carbons (Fsp3) is 0.364. The average Bonchev–Trinajstić information content (AvgIpc) is 3.67. The summed E-state index contributed by atoms with van der Waals surface area (Å²) in [7, 11) is 1.64. The SMILES string of the molecule is CCOC(=O)C1=C(C)N=c2s/c(=C\c3cc(C)n(C[C@H]4CCCO4)c3C)c(=O)n2[C@H]1c1ccc(OC)c2ccccc12. The molecule has 0 spiro atoms. The minimum absolute atomic E-state index is 0.193. The lowest BCUT2D eigenvalue weighted by atomic mass is 9.91. The van der Waals surface area contributed by atoms with Crippen molar-refractivity contribution in [3.63, 3.8) is 0 Å². The maximum atomic E-state index is 14.2. The molecule has 4 heterocycles. The number of hydrogen-bond acceptors (Lipinski definition) is 7. The number of fused-ring (bicyclic) bond motifs is 2. The second-order valence-electron chi connectivity index (χ2n) is 10.8. The summed E-state index contributed by atoms with van der Waals surface area (Å²) in [5.74, 6) is 0.245. The van der Waals surface area contributed by atoms with Crippen LogP contribution in [-0.2, 0) is 20.8 Å². The van der Waals surface area contributed by atoms with Gasteiger partial charge < -0.3 is 18.8 Å². The Kier molecular flexibility index (Phi) is 7.64. The highest BCUT2D eigenvalue weighted by Crippen LogP contribution is 2.38. The minimum atomic E-state index is -0.704. The van der Waals surface area contributed by atoms with Crippen LogP contribution in [0.15, 0.2) is 63.5 Å². The summed E-state index contributed by atoms with van der Waals surface area (Å²) in [5.41, 5.74) is 4.73. The molecule has 2 aromatic heterocycles. The number of benzene rings is 2. The molecule has 0 saturated carbocycles. The smallest absolute Gasteiger partial charge is 0.338 e. The molecule has 218 valence electrons. The first-order valence-electron chi connectivity index (χ1n) is 14.4. The van der Waals surface area contributed by atoms with E-state index in [1.807, 2.05) is 42.5 Å². The van der Waals surface area contributed by atoms with Crippen molar-refractivity contribution in [1.82, 2.24) is 9.13 Å². The fourth-order valence-electron chi connectivity index (χ4n) is 6.18. The molecule has 2 aromatic carbocycles. The van der Waals surface area contributed by atoms with Gasteiger partial charge >= 0.3 is 5.97 Å². The van der Waals surface area contributed by atoms with Crippen LogP contribution in [0.5, 0.6) is 5.75 Å². The number of aromatic nitrogens is 2. The lowest BCUT2D eigenvalue weighted by Gasteiger charge is -2.26. The summed E-state index contributed by atoms with van der Waals surface area (Å²) in [5, 5.41) is 1.79. The van der Waals surface area contributed by atoms with Crippen molar-refractivity contribution in [2.24, 2.45) is 4.99 Å². The third kappa shape index (κ3) is 4.80. The number of esters is 1. The first kappa shape index (κ1) is 28.2. The molecule has 2 atom stereocenters. The van der Waals surface area contributed by atoms with Gasteiger partial charge in [-0.1, -0.05) is 41.7 Å². The van der Waals surface area contributed by atoms with Gasteiger partial charge in [-0.15, -0.1) is 0 Å². The van der Waals surface area contributed by atoms with E-state index in [9.17, 15) is 9.59 Å². The van der Waals surface area contributed by atoms with Crippen molar-refractivity contribution in [2.75, 3.05) is 20.3 Å². The van der Waals surface area contributed by atoms with Gasteiger partial charge in [0.15, 0.2) is 4.80 Å². The normalized spacial score (nSPS) is 18.8. The Bertz CT molecular complexity index is 1910. The maximum Gasteiger partial charge on any atom is 0.338 e. The van der Waals surface area contributed by atoms with E-state index in [0.717, 1.165) is 65.0 Å². The lowest BCUT2D eigenvalue weighted by Crippen LogP contribution is -2.40. The van der Waals surface area contributed by atoms with Crippen LogP contribution in [0.4, 0.5) is 0 Å². The number of thiazole rings is 1. The minimum Gasteiger partial charge on any atom is -0.496 e. The highest BCUT2D eigenvalue weighted by atomic mass is 32.1. The molecule has 0 unspecified atom stereocenters. The molecule has 4 aromatic rings. The number of hydrogen-bond donors (Lipinski definition) is 0. The Morgan fingerprint density at radius 3 is 2.67 bits per heavy atom. The quantitative estimate of drug-likeness (QED) is 0.297. The Hall–Kier alpha value is -3.95. The van der Waals surface area contributed by atoms with E-state index in [1.54, 1.807) is 25.5 Å². The van der Waals surface area contributed by atoms with Gasteiger partial charge in [-0.25, -0.2) is 9.79 Å². The second-order valence-corrected chi connectivity index (χ2v) is 11.8. The largest absolute Gasteiger partial charge is 0.496 e. The monoisotopic (exact) mass is 585 g/mol. The number of carbonyl (C=O) groups is 1. The van der Waals surface area contributed by atoms with Gasteiger partial charge in [0.25, 0.3) is 5.56 Å². The van der Waals surface area contributed by atoms with Crippen LogP contribution < -0.4 is 19.6 Å². The number of rotatable bonds is 7. The van der Waals surface area contributed by atoms with Gasteiger partial charge in [0.05, 0.1) is 41.7 Å². The number of allylic oxidation sites excluding steroid dienone is 1. The zero-order valence-electron chi connectivity index (χ0n) is 24.6. The van der Waals surface area contributed by atoms with Crippen LogP contribution in [0.25, 0.3) is 16.8 Å². The van der Waals surface area contributed by atoms with Crippen molar-refractivity contribution < 1.29 is 19.0 Å². The van der Waals surface area contributed by atoms with Crippen molar-refractivity contribution in [3.8, 4) is 5.75 Å². The van der Waals surface area contributed by atoms with E-state index in [1.165, 1.54) is 11.3 Å². The average molecular weight is 586 g/mol. The molecule has 9 heteroatoms. The molecular weight excluding hydrogens is 550 g/mol. The van der Waals surface area contributed by atoms with Crippen LogP contribution in [0.2, 0.25) is 0 Å². The summed E-state index contributed by atoms with van der Waals surface area (Å²) in [6.45, 7) is 9.59. The maximum absolute atomic E-state index is 14.2. The molecule has 0 N–H and O–H groups in total. The zero-order chi connectivity index (χ0) is 29.5. The highest BCUT2D eigenvalue weighted by molar-refractivity contribution is 7.07. The summed E-state index contributed by atoms with van der Waals surface area (Å²) in [4.78, 5) is 32.9. The number of carbonyl (C=O) groups excluding carboxylic acids is 1. The van der Waals surface area contributed by atoms with E-state index in [-0.39, 0.29) is 18.3 Å². The number of nitrogens with zero attached hydrogens (tertiary/aromatic N) is 3. The van der Waals surface area contributed by atoms with Gasteiger partial charge in [0.2, 0.25) is 0 Å². The molecule has 8 nitrogen and oxygen atoms in total. The van der Waals surface area contributed by atoms with Crippen molar-refractivity contribution in [2.45, 2.75) is 59.2 Å². The van der Waals surface area contributed by atoms with Gasteiger partial charge in [-0.3, -0.25) is 9.36 Å². The first-order valence-corrected chi connectivity index (χ1v) is 15.2. The fourth-order valence-corrected chi connectivity index (χ4v) is 7.22. The number of aryl methyl sites for hydroxylation is 1. The Balaban J connectivity index is 1.54. The molecule has 2 aliphatic rings. The van der Waals surface area contributed by atoms with Gasteiger partial charge in [-0.05, 0) is 75.3 Å². The summed E-state index contributed by atoms with van der Waals surface area (Å²) in [6.07, 6.45) is 4.32. The van der Waals surface area contributed by atoms with E-state index in [4.69, 9.17) is 19.2 Å². The van der Waals surface area contributed by atoms with E-state index < -0.39 is 12.0 Å². The third-order valence-electron chi connectivity index (χ3n) is 8.26. The van der Waals surface area contributed by atoms with E-state index >= 15 is 0 Å². The standard InChI is InChI=1S/C33H35N3O5S/c1-6-40-32(38)29-20(3)34-33-36(30(29)26-13-14-27(39-5)25-12-8-7-11-24(25)26)31(37)28(42-33)17-22-16-19(2)35(21(22)4)18-23-10-9-15-41-23/h7-8,11-14,16-17,23,30H,6,9-10,15,18H2,1-5H3/b28-17-/t23-,30+/m1/s1. The Morgan fingerprint density at radius 2 is 1.95 bits per heavy atom. The topological polar surface area (TPSA) is 84.0 Å². The van der Waals surface area contributed by atoms with Crippen LogP contribution in [0.1, 0.15) is 55.2 Å². The van der Waals surface area contributed by atoms with Crippen molar-refractivity contribution in [3.05, 3.63) is 95.9 Å². The molecule has 2 aliphatic heterocycles. The molecule has 0 aliphatic carbocycles. The zero-order valence-corrected chi connectivity index (χ0v) is 25.4. The third-order valence-corrected chi connectivity index (χ3v) is 9.24. The number of ether oxygens (including phenoxy) is 3. The Morgan fingerprint density at radius 1 is 1.17 bits per heavy atom. The molecule has 1 fully saturated rings. The molecule has 1 saturated heterocycles. The van der Waals surface area contributed by atoms with Crippen LogP contribution in [0.3, 0.4) is 0 Å². The van der Waals surface area contributed by atoms with E-state index in [2.05, 4.69) is 24.5 Å². The number of methoxy groups -OCH3 is 1. The molecule has 6 rings (SSSR count). The molecular formula is C33H35N3O5S. The molecule has 0 radical (unpaired) electrons. The van der Waals surface area contributed by atoms with Gasteiger partial charge in [0.1, 0.15) is 5.75 Å². The van der Waals surface area contributed by atoms with Crippen LogP contribution in [0, 0.1) is 13.8 Å².